The largest absolute Gasteiger partial charge is 1.00 e. The number of rotatable bonds is 9. The van der Waals surface area contributed by atoms with Crippen molar-refractivity contribution in [2.45, 2.75) is 0 Å². The summed E-state index contributed by atoms with van der Waals surface area (Å²) in [5, 5.41) is 22.7. The number of hydrogen-bond donors (Lipinski definition) is 3. The van der Waals surface area contributed by atoms with E-state index in [1.807, 2.05) is 48.5 Å². The molecule has 238 valence electrons. The topological polar surface area (TPSA) is 237 Å². The number of carboxylic acids is 1. The van der Waals surface area contributed by atoms with Gasteiger partial charge in [-0.3, -0.25) is 0 Å². The van der Waals surface area contributed by atoms with Gasteiger partial charge in [-0.1, -0.05) is 36.4 Å². The van der Waals surface area contributed by atoms with Gasteiger partial charge in [0, 0.05) is 7.11 Å². The van der Waals surface area contributed by atoms with Crippen LogP contribution in [0.5, 0.6) is 11.5 Å². The third-order valence-corrected chi connectivity index (χ3v) is 2.68. The van der Waals surface area contributed by atoms with Crippen molar-refractivity contribution < 1.29 is 141 Å². The molecule has 22 heteroatoms. The minimum Gasteiger partial charge on any atom is -0.722 e. The van der Waals surface area contributed by atoms with Gasteiger partial charge in [-0.2, -0.15) is 0 Å². The quantitative estimate of drug-likeness (QED) is 0.0559. The number of aliphatic hydroxyl groups is 2. The Morgan fingerprint density at radius 1 is 0.721 bits per heavy atom. The fourth-order valence-corrected chi connectivity index (χ4v) is 1.55. The summed E-state index contributed by atoms with van der Waals surface area (Å²) in [5.74, 6) is -0.771. The Kier molecular flexibility index (Phi) is 46.0. The fraction of sp³-hybridized carbons (Fsp3) is 0.333. The molecule has 2 aromatic carbocycles. The molecule has 0 atom stereocenters. The maximum absolute atomic E-state index is 11.6. The van der Waals surface area contributed by atoms with Gasteiger partial charge in [-0.05, 0) is 24.3 Å². The Morgan fingerprint density at radius 2 is 1.02 bits per heavy atom. The van der Waals surface area contributed by atoms with Crippen LogP contribution in [-0.2, 0) is 35.3 Å². The van der Waals surface area contributed by atoms with E-state index in [4.69, 9.17) is 55.5 Å². The number of halogens is 4. The predicted molar refractivity (Wildman–Crippen MR) is 131 cm³/mol. The molecular weight excluding hydrogens is 662 g/mol. The molecule has 14 nitrogen and oxygen atoms in total. The molecule has 2 rings (SSSR count). The average molecular weight is 691 g/mol. The maximum atomic E-state index is 11.6. The van der Waals surface area contributed by atoms with E-state index < -0.39 is 46.3 Å². The van der Waals surface area contributed by atoms with E-state index in [-0.39, 0.29) is 78.9 Å². The van der Waals surface area contributed by atoms with Crippen molar-refractivity contribution in [3.63, 3.8) is 0 Å². The van der Waals surface area contributed by atoms with Crippen molar-refractivity contribution in [2.75, 3.05) is 46.9 Å². The van der Waals surface area contributed by atoms with E-state index in [9.17, 15) is 21.3 Å². The fourth-order valence-electron chi connectivity index (χ4n) is 1.55. The second-order valence-electron chi connectivity index (χ2n) is 5.71. The van der Waals surface area contributed by atoms with Gasteiger partial charge in [0.05, 0.1) is 6.61 Å². The van der Waals surface area contributed by atoms with Crippen LogP contribution in [0, 0.1) is 0 Å². The Balaban J connectivity index is -0.000000104. The molecule has 0 saturated carbocycles. The van der Waals surface area contributed by atoms with Gasteiger partial charge < -0.3 is 38.6 Å². The van der Waals surface area contributed by atoms with Crippen molar-refractivity contribution in [3.05, 3.63) is 60.7 Å². The van der Waals surface area contributed by atoms with E-state index in [0.717, 1.165) is 12.9 Å². The maximum Gasteiger partial charge on any atom is 1.00 e. The van der Waals surface area contributed by atoms with Crippen LogP contribution in [0.4, 0.5) is 16.6 Å². The number of hydrogen-bond acceptors (Lipinski definition) is 13. The average Bonchev–Trinajstić information content (AvgIpc) is 2.91. The number of carbonyl (C=O) groups excluding carboxylic acids is 1. The van der Waals surface area contributed by atoms with Crippen LogP contribution in [-0.4, -0.2) is 100 Å². The first kappa shape index (κ1) is 54.0. The first-order valence-corrected chi connectivity index (χ1v) is 12.9. The molecule has 0 aliphatic rings. The molecule has 2 aromatic rings. The Hall–Kier alpha value is -1.56. The summed E-state index contributed by atoms with van der Waals surface area (Å²) in [6, 6.07) is 18.5. The molecule has 0 saturated heterocycles. The summed E-state index contributed by atoms with van der Waals surface area (Å²) >= 11 is 0. The molecule has 0 radical (unpaired) electrons. The van der Waals surface area contributed by atoms with Crippen molar-refractivity contribution >= 4 is 32.9 Å². The normalized spacial score (nSPS) is 8.95. The summed E-state index contributed by atoms with van der Waals surface area (Å²) in [6.45, 7) is -1.64. The molecule has 0 amide bonds. The second-order valence-corrected chi connectivity index (χ2v) is 7.29. The first-order chi connectivity index (χ1) is 19.0. The number of benzene rings is 2. The van der Waals surface area contributed by atoms with Crippen LogP contribution in [0.15, 0.2) is 60.7 Å². The molecule has 0 heterocycles. The standard InChI is InChI=1S/C10H11FO3.C8H10O2.C2H3FO2.CH4O.2FHO3S.2Na/c11-8-10(12)14-7-6-13-9-4-2-1-3-5-9;9-6-7-10-8-4-2-1-3-5-8;3-1-2(4)5;1-2;2*1-5(2,3)4;;/h1-5H,6-8H2;1-5,9H,6-7H2;1H2,(H,4,5);2H,1H3;2*(H,2,3,4);;/q;;;;;;2*+1/p-2. The van der Waals surface area contributed by atoms with E-state index >= 15 is 0 Å². The molecule has 3 N–H and O–H groups in total. The smallest absolute Gasteiger partial charge is 0.722 e. The van der Waals surface area contributed by atoms with Crippen molar-refractivity contribution in [2.24, 2.45) is 0 Å². The number of aliphatic hydroxyl groups excluding tert-OH is 2. The molecular formula is C21H28F4Na2O14S2. The van der Waals surface area contributed by atoms with E-state index in [2.05, 4.69) is 4.74 Å². The number of aliphatic carboxylic acids is 1. The van der Waals surface area contributed by atoms with Gasteiger partial charge in [0.1, 0.15) is 31.3 Å². The molecule has 43 heavy (non-hydrogen) atoms. The van der Waals surface area contributed by atoms with Crippen molar-refractivity contribution in [3.8, 4) is 11.5 Å². The molecule has 0 fully saturated rings. The SMILES string of the molecule is CO.O=C(CF)OCCOc1ccccc1.O=C(O)CF.O=S(=O)([O-])F.O=S(=O)([O-])F.OCCOc1ccccc1.[Na+].[Na+]. The van der Waals surface area contributed by atoms with Gasteiger partial charge in [0.2, 0.25) is 0 Å². The molecule has 0 aromatic heterocycles. The summed E-state index contributed by atoms with van der Waals surface area (Å²) < 4.78 is 108. The third-order valence-electron chi connectivity index (χ3n) is 2.68. The molecule has 0 unspecified atom stereocenters. The molecule has 0 aliphatic heterocycles. The molecule has 0 spiro atoms. The van der Waals surface area contributed by atoms with Crippen LogP contribution < -0.4 is 68.6 Å². The zero-order valence-electron chi connectivity index (χ0n) is 23.2. The Bertz CT molecular complexity index is 1060. The third kappa shape index (κ3) is 68.9. The van der Waals surface area contributed by atoms with E-state index in [0.29, 0.717) is 12.4 Å². The minimum absolute atomic E-state index is 0. The summed E-state index contributed by atoms with van der Waals surface area (Å²) in [4.78, 5) is 19.4. The van der Waals surface area contributed by atoms with Crippen LogP contribution in [0.25, 0.3) is 0 Å². The van der Waals surface area contributed by atoms with Gasteiger partial charge >= 0.3 is 71.1 Å². The van der Waals surface area contributed by atoms with E-state index in [1.165, 1.54) is 0 Å². The summed E-state index contributed by atoms with van der Waals surface area (Å²) in [5.41, 5.74) is 0. The zero-order chi connectivity index (χ0) is 32.7. The van der Waals surface area contributed by atoms with Gasteiger partial charge in [0.25, 0.3) is 21.0 Å². The number of esters is 1. The number of carbonyl (C=O) groups is 2. The van der Waals surface area contributed by atoms with Crippen LogP contribution >= 0.6 is 0 Å². The minimum atomic E-state index is -5.42. The number of para-hydroxylation sites is 2. The second kappa shape index (κ2) is 36.6. The first-order valence-electron chi connectivity index (χ1n) is 10.2. The van der Waals surface area contributed by atoms with Gasteiger partial charge in [-0.15, -0.1) is 7.77 Å². The predicted octanol–water partition coefficient (Wildman–Crippen LogP) is -4.87. The van der Waals surface area contributed by atoms with Gasteiger partial charge in [0.15, 0.2) is 13.3 Å². The Labute approximate surface area is 290 Å². The van der Waals surface area contributed by atoms with E-state index in [1.54, 1.807) is 12.1 Å². The van der Waals surface area contributed by atoms with Crippen LogP contribution in [0.2, 0.25) is 0 Å². The Morgan fingerprint density at radius 3 is 1.28 bits per heavy atom. The monoisotopic (exact) mass is 690 g/mol. The number of ether oxygens (including phenoxy) is 3. The zero-order valence-corrected chi connectivity index (χ0v) is 28.8. The van der Waals surface area contributed by atoms with Crippen LogP contribution in [0.1, 0.15) is 0 Å². The molecule has 0 bridgehead atoms. The number of alkyl halides is 2. The van der Waals surface area contributed by atoms with Crippen molar-refractivity contribution in [1.29, 1.82) is 0 Å². The van der Waals surface area contributed by atoms with Gasteiger partial charge in [-0.25, -0.2) is 35.2 Å². The summed E-state index contributed by atoms with van der Waals surface area (Å²) in [7, 11) is -9.83. The van der Waals surface area contributed by atoms with Crippen LogP contribution in [0.3, 0.4) is 0 Å². The summed E-state index contributed by atoms with van der Waals surface area (Å²) in [6.07, 6.45) is 0. The van der Waals surface area contributed by atoms with Crippen molar-refractivity contribution in [1.82, 2.24) is 0 Å². The molecule has 0 aliphatic carbocycles. The number of carboxylic acid groups (broad SMARTS) is 1.